The topological polar surface area (TPSA) is 67.9 Å². The van der Waals surface area contributed by atoms with Gasteiger partial charge in [-0.3, -0.25) is 9.59 Å². The summed E-state index contributed by atoms with van der Waals surface area (Å²) in [6.45, 7) is 6.96. The van der Waals surface area contributed by atoms with Gasteiger partial charge in [0.25, 0.3) is 5.91 Å². The fourth-order valence-electron chi connectivity index (χ4n) is 3.16. The molecule has 6 nitrogen and oxygen atoms in total. The molecule has 0 spiro atoms. The van der Waals surface area contributed by atoms with E-state index in [0.29, 0.717) is 25.3 Å². The summed E-state index contributed by atoms with van der Waals surface area (Å²) in [6, 6.07) is 12.9. The maximum atomic E-state index is 12.4. The summed E-state index contributed by atoms with van der Waals surface area (Å²) in [5, 5.41) is 2.89. The quantitative estimate of drug-likeness (QED) is 0.799. The number of hydrogen-bond acceptors (Lipinski definition) is 4. The maximum absolute atomic E-state index is 12.4. The van der Waals surface area contributed by atoms with Crippen molar-refractivity contribution in [1.82, 2.24) is 5.32 Å². The first-order valence-corrected chi connectivity index (χ1v) is 9.49. The van der Waals surface area contributed by atoms with Gasteiger partial charge in [0.15, 0.2) is 6.61 Å². The van der Waals surface area contributed by atoms with E-state index in [4.69, 9.17) is 9.47 Å². The zero-order chi connectivity index (χ0) is 20.1. The first-order chi connectivity index (χ1) is 13.5. The van der Waals surface area contributed by atoms with Crippen molar-refractivity contribution in [3.63, 3.8) is 0 Å². The number of amides is 2. The third-order valence-corrected chi connectivity index (χ3v) is 4.80. The van der Waals surface area contributed by atoms with Crippen LogP contribution >= 0.6 is 0 Å². The molecule has 2 aromatic carbocycles. The highest BCUT2D eigenvalue weighted by Crippen LogP contribution is 2.24. The standard InChI is InChI=1S/C22H26N2O4/c1-4-27-19-7-9-20(10-8-19)28-14-21(25)23-17-12-22(26)24(13-17)18-6-5-15(2)16(3)11-18/h5-11,17H,4,12-14H2,1-3H3,(H,23,25). The lowest BCUT2D eigenvalue weighted by molar-refractivity contribution is -0.123. The van der Waals surface area contributed by atoms with Crippen LogP contribution in [-0.2, 0) is 9.59 Å². The molecule has 1 unspecified atom stereocenters. The maximum Gasteiger partial charge on any atom is 0.258 e. The Labute approximate surface area is 165 Å². The summed E-state index contributed by atoms with van der Waals surface area (Å²) < 4.78 is 10.9. The van der Waals surface area contributed by atoms with Crippen molar-refractivity contribution in [2.24, 2.45) is 0 Å². The SMILES string of the molecule is CCOc1ccc(OCC(=O)NC2CC(=O)N(c3ccc(C)c(C)c3)C2)cc1. The minimum atomic E-state index is -0.242. The van der Waals surface area contributed by atoms with Gasteiger partial charge in [0.2, 0.25) is 5.91 Å². The van der Waals surface area contributed by atoms with Gasteiger partial charge in [0.1, 0.15) is 11.5 Å². The van der Waals surface area contributed by atoms with Crippen LogP contribution in [0.5, 0.6) is 11.5 Å². The molecular weight excluding hydrogens is 356 g/mol. The molecule has 1 saturated heterocycles. The summed E-state index contributed by atoms with van der Waals surface area (Å²) in [7, 11) is 0. The third kappa shape index (κ3) is 4.82. The van der Waals surface area contributed by atoms with Gasteiger partial charge >= 0.3 is 0 Å². The van der Waals surface area contributed by atoms with E-state index < -0.39 is 0 Å². The van der Waals surface area contributed by atoms with Gasteiger partial charge in [-0.1, -0.05) is 6.07 Å². The molecule has 3 rings (SSSR count). The molecule has 148 valence electrons. The van der Waals surface area contributed by atoms with E-state index in [9.17, 15) is 9.59 Å². The summed E-state index contributed by atoms with van der Waals surface area (Å²) in [5.74, 6) is 1.13. The van der Waals surface area contributed by atoms with Gasteiger partial charge in [-0.2, -0.15) is 0 Å². The minimum absolute atomic E-state index is 0.0148. The van der Waals surface area contributed by atoms with Gasteiger partial charge in [0.05, 0.1) is 12.6 Å². The molecular formula is C22H26N2O4. The fraction of sp³-hybridized carbons (Fsp3) is 0.364. The lowest BCUT2D eigenvalue weighted by atomic mass is 10.1. The summed E-state index contributed by atoms with van der Waals surface area (Å²) in [5.41, 5.74) is 3.20. The van der Waals surface area contributed by atoms with Crippen LogP contribution < -0.4 is 19.7 Å². The van der Waals surface area contributed by atoms with Gasteiger partial charge in [0, 0.05) is 18.7 Å². The summed E-state index contributed by atoms with van der Waals surface area (Å²) in [6.07, 6.45) is 0.293. The molecule has 28 heavy (non-hydrogen) atoms. The first kappa shape index (κ1) is 19.7. The Hall–Kier alpha value is -3.02. The second-order valence-electron chi connectivity index (χ2n) is 6.93. The van der Waals surface area contributed by atoms with E-state index in [1.165, 1.54) is 5.56 Å². The van der Waals surface area contributed by atoms with Gasteiger partial charge in [-0.05, 0) is 68.3 Å². The van der Waals surface area contributed by atoms with Crippen molar-refractivity contribution < 1.29 is 19.1 Å². The minimum Gasteiger partial charge on any atom is -0.494 e. The molecule has 6 heteroatoms. The van der Waals surface area contributed by atoms with E-state index in [2.05, 4.69) is 5.32 Å². The van der Waals surface area contributed by atoms with Crippen LogP contribution in [0.3, 0.4) is 0 Å². The Bertz CT molecular complexity index is 848. The molecule has 0 radical (unpaired) electrons. The van der Waals surface area contributed by atoms with E-state index >= 15 is 0 Å². The number of hydrogen-bond donors (Lipinski definition) is 1. The van der Waals surface area contributed by atoms with Crippen molar-refractivity contribution in [3.8, 4) is 11.5 Å². The number of ether oxygens (including phenoxy) is 2. The van der Waals surface area contributed by atoms with E-state index in [0.717, 1.165) is 17.0 Å². The number of rotatable bonds is 7. The first-order valence-electron chi connectivity index (χ1n) is 9.49. The zero-order valence-electron chi connectivity index (χ0n) is 16.5. The van der Waals surface area contributed by atoms with Crippen molar-refractivity contribution in [1.29, 1.82) is 0 Å². The van der Waals surface area contributed by atoms with Crippen LogP contribution in [0.2, 0.25) is 0 Å². The molecule has 2 amide bonds. The van der Waals surface area contributed by atoms with E-state index in [1.54, 1.807) is 29.2 Å². The fourth-order valence-corrected chi connectivity index (χ4v) is 3.16. The monoisotopic (exact) mass is 382 g/mol. The number of aryl methyl sites for hydroxylation is 2. The van der Waals surface area contributed by atoms with Crippen molar-refractivity contribution >= 4 is 17.5 Å². The Kier molecular flexibility index (Phi) is 6.19. The van der Waals surface area contributed by atoms with Crippen LogP contribution in [-0.4, -0.2) is 37.6 Å². The second kappa shape index (κ2) is 8.78. The summed E-state index contributed by atoms with van der Waals surface area (Å²) >= 11 is 0. The average Bonchev–Trinajstić information content (AvgIpc) is 3.03. The van der Waals surface area contributed by atoms with Crippen LogP contribution in [0.4, 0.5) is 5.69 Å². The lowest BCUT2D eigenvalue weighted by Crippen LogP contribution is -2.39. The smallest absolute Gasteiger partial charge is 0.258 e. The number of nitrogens with one attached hydrogen (secondary N) is 1. The average molecular weight is 382 g/mol. The molecule has 2 aromatic rings. The predicted molar refractivity (Wildman–Crippen MR) is 108 cm³/mol. The molecule has 1 atom stereocenters. The van der Waals surface area contributed by atoms with Crippen molar-refractivity contribution in [3.05, 3.63) is 53.6 Å². The second-order valence-corrected chi connectivity index (χ2v) is 6.93. The number of anilines is 1. The third-order valence-electron chi connectivity index (χ3n) is 4.80. The largest absolute Gasteiger partial charge is 0.494 e. The van der Waals surface area contributed by atoms with Crippen LogP contribution in [0.25, 0.3) is 0 Å². The van der Waals surface area contributed by atoms with E-state index in [-0.39, 0.29) is 24.5 Å². The number of carbonyl (C=O) groups is 2. The molecule has 1 N–H and O–H groups in total. The van der Waals surface area contributed by atoms with E-state index in [1.807, 2.05) is 39.0 Å². The Morgan fingerprint density at radius 2 is 1.75 bits per heavy atom. The Balaban J connectivity index is 1.50. The highest BCUT2D eigenvalue weighted by atomic mass is 16.5. The van der Waals surface area contributed by atoms with Crippen LogP contribution in [0.15, 0.2) is 42.5 Å². The normalized spacial score (nSPS) is 16.2. The predicted octanol–water partition coefficient (Wildman–Crippen LogP) is 3.00. The highest BCUT2D eigenvalue weighted by Gasteiger charge is 2.31. The lowest BCUT2D eigenvalue weighted by Gasteiger charge is -2.18. The van der Waals surface area contributed by atoms with Crippen molar-refractivity contribution in [2.75, 3.05) is 24.7 Å². The Morgan fingerprint density at radius 1 is 1.07 bits per heavy atom. The highest BCUT2D eigenvalue weighted by molar-refractivity contribution is 5.97. The zero-order valence-corrected chi connectivity index (χ0v) is 16.5. The number of nitrogens with zero attached hydrogens (tertiary/aromatic N) is 1. The molecule has 0 aliphatic carbocycles. The van der Waals surface area contributed by atoms with Gasteiger partial charge in [-0.25, -0.2) is 0 Å². The van der Waals surface area contributed by atoms with Crippen LogP contribution in [0.1, 0.15) is 24.5 Å². The number of carbonyl (C=O) groups excluding carboxylic acids is 2. The van der Waals surface area contributed by atoms with Crippen molar-refractivity contribution in [2.45, 2.75) is 33.2 Å². The molecule has 1 heterocycles. The molecule has 1 aliphatic rings. The van der Waals surface area contributed by atoms with Crippen LogP contribution in [0, 0.1) is 13.8 Å². The van der Waals surface area contributed by atoms with Gasteiger partial charge < -0.3 is 19.7 Å². The molecule has 1 aliphatic heterocycles. The number of benzene rings is 2. The molecule has 0 aromatic heterocycles. The molecule has 0 saturated carbocycles. The Morgan fingerprint density at radius 3 is 2.39 bits per heavy atom. The van der Waals surface area contributed by atoms with Gasteiger partial charge in [-0.15, -0.1) is 0 Å². The molecule has 0 bridgehead atoms. The molecule has 1 fully saturated rings. The summed E-state index contributed by atoms with van der Waals surface area (Å²) in [4.78, 5) is 26.3.